The third kappa shape index (κ3) is 5.61. The summed E-state index contributed by atoms with van der Waals surface area (Å²) in [5, 5.41) is 3.26. The summed E-state index contributed by atoms with van der Waals surface area (Å²) in [6, 6.07) is 7.83. The van der Waals surface area contributed by atoms with Gasteiger partial charge in [0.1, 0.15) is 11.4 Å². The average Bonchev–Trinajstić information content (AvgIpc) is 2.37. The Morgan fingerprint density at radius 2 is 1.95 bits per heavy atom. The van der Waals surface area contributed by atoms with Gasteiger partial charge in [0.05, 0.1) is 13.0 Å². The van der Waals surface area contributed by atoms with E-state index in [1.54, 1.807) is 7.11 Å². The van der Waals surface area contributed by atoms with Gasteiger partial charge in [0, 0.05) is 18.7 Å². The Morgan fingerprint density at radius 3 is 2.55 bits per heavy atom. The molecule has 0 aliphatic carbocycles. The lowest BCUT2D eigenvalue weighted by molar-refractivity contribution is -0.159. The fourth-order valence-corrected chi connectivity index (χ4v) is 1.76. The molecule has 1 aromatic carbocycles. The molecule has 1 aromatic rings. The first-order valence-electron chi connectivity index (χ1n) is 6.89. The molecule has 1 N–H and O–H groups in total. The summed E-state index contributed by atoms with van der Waals surface area (Å²) >= 11 is 0. The molecule has 0 saturated heterocycles. The van der Waals surface area contributed by atoms with E-state index in [0.29, 0.717) is 13.1 Å². The van der Waals surface area contributed by atoms with E-state index in [0.717, 1.165) is 11.3 Å². The second-order valence-electron chi connectivity index (χ2n) is 5.88. The molecule has 0 spiro atoms. The summed E-state index contributed by atoms with van der Waals surface area (Å²) in [7, 11) is 1.65. The van der Waals surface area contributed by atoms with E-state index in [4.69, 9.17) is 9.47 Å². The first-order chi connectivity index (χ1) is 9.33. The van der Waals surface area contributed by atoms with Gasteiger partial charge < -0.3 is 14.8 Å². The van der Waals surface area contributed by atoms with Crippen molar-refractivity contribution in [3.8, 4) is 5.75 Å². The summed E-state index contributed by atoms with van der Waals surface area (Å²) in [5.74, 6) is 0.499. The van der Waals surface area contributed by atoms with Crippen LogP contribution in [0.5, 0.6) is 5.75 Å². The highest BCUT2D eigenvalue weighted by molar-refractivity contribution is 5.72. The molecule has 4 nitrogen and oxygen atoms in total. The minimum atomic E-state index is -0.437. The van der Waals surface area contributed by atoms with Gasteiger partial charge in [-0.2, -0.15) is 0 Å². The highest BCUT2D eigenvalue weighted by Gasteiger charge is 2.21. The molecule has 0 aliphatic heterocycles. The van der Waals surface area contributed by atoms with Gasteiger partial charge in [-0.15, -0.1) is 0 Å². The van der Waals surface area contributed by atoms with Gasteiger partial charge in [-0.3, -0.25) is 4.79 Å². The number of methoxy groups -OCH3 is 1. The molecule has 112 valence electrons. The smallest absolute Gasteiger partial charge is 0.310 e. The Kier molecular flexibility index (Phi) is 6.02. The molecule has 0 bridgehead atoms. The largest absolute Gasteiger partial charge is 0.496 e. The number of nitrogens with one attached hydrogen (secondary N) is 1. The maximum absolute atomic E-state index is 11.8. The summed E-state index contributed by atoms with van der Waals surface area (Å²) < 4.78 is 10.6. The van der Waals surface area contributed by atoms with Crippen molar-refractivity contribution < 1.29 is 14.3 Å². The zero-order valence-electron chi connectivity index (χ0n) is 13.0. The second kappa shape index (κ2) is 7.29. The second-order valence-corrected chi connectivity index (χ2v) is 5.88. The van der Waals surface area contributed by atoms with Crippen LogP contribution in [0.3, 0.4) is 0 Å². The molecule has 1 rings (SSSR count). The van der Waals surface area contributed by atoms with Crippen LogP contribution in [0.1, 0.15) is 33.3 Å². The van der Waals surface area contributed by atoms with E-state index in [9.17, 15) is 4.79 Å². The molecule has 4 heteroatoms. The Labute approximate surface area is 121 Å². The molecule has 0 saturated carbocycles. The third-order valence-electron chi connectivity index (χ3n) is 2.77. The fraction of sp³-hybridized carbons (Fsp3) is 0.562. The van der Waals surface area contributed by atoms with Crippen molar-refractivity contribution in [2.75, 3.05) is 13.7 Å². The molecule has 0 heterocycles. The number of carbonyl (C=O) groups is 1. The number of hydrogen-bond acceptors (Lipinski definition) is 4. The molecule has 0 unspecified atom stereocenters. The van der Waals surface area contributed by atoms with Crippen molar-refractivity contribution in [1.29, 1.82) is 0 Å². The van der Waals surface area contributed by atoms with E-state index < -0.39 is 5.60 Å². The Bertz CT molecular complexity index is 438. The Hall–Kier alpha value is -1.55. The molecule has 0 fully saturated rings. The van der Waals surface area contributed by atoms with Gasteiger partial charge in [-0.05, 0) is 26.8 Å². The van der Waals surface area contributed by atoms with Crippen molar-refractivity contribution >= 4 is 5.97 Å². The van der Waals surface area contributed by atoms with Crippen molar-refractivity contribution in [2.45, 2.75) is 39.8 Å². The van der Waals surface area contributed by atoms with Gasteiger partial charge in [0.25, 0.3) is 0 Å². The minimum absolute atomic E-state index is 0.176. The van der Waals surface area contributed by atoms with Crippen LogP contribution >= 0.6 is 0 Å². The summed E-state index contributed by atoms with van der Waals surface area (Å²) in [5.41, 5.74) is 0.639. The van der Waals surface area contributed by atoms with Crippen LogP contribution in [-0.4, -0.2) is 25.2 Å². The molecular weight excluding hydrogens is 254 g/mol. The lowest BCUT2D eigenvalue weighted by Crippen LogP contribution is -2.32. The van der Waals surface area contributed by atoms with Crippen LogP contribution in [0.25, 0.3) is 0 Å². The first kappa shape index (κ1) is 16.5. The quantitative estimate of drug-likeness (QED) is 0.813. The SMILES string of the molecule is COc1ccccc1CNC[C@@H](C)C(=O)OC(C)(C)C. The molecule has 0 aliphatic rings. The minimum Gasteiger partial charge on any atom is -0.496 e. The molecule has 0 aromatic heterocycles. The number of esters is 1. The van der Waals surface area contributed by atoms with E-state index >= 15 is 0 Å². The Morgan fingerprint density at radius 1 is 1.30 bits per heavy atom. The highest BCUT2D eigenvalue weighted by atomic mass is 16.6. The summed E-state index contributed by atoms with van der Waals surface area (Å²) in [6.45, 7) is 8.73. The van der Waals surface area contributed by atoms with Gasteiger partial charge in [0.2, 0.25) is 0 Å². The number of carbonyl (C=O) groups excluding carboxylic acids is 1. The lowest BCUT2D eigenvalue weighted by Gasteiger charge is -2.22. The van der Waals surface area contributed by atoms with E-state index in [-0.39, 0.29) is 11.9 Å². The molecule has 0 radical (unpaired) electrons. The van der Waals surface area contributed by atoms with Crippen LogP contribution in [0.4, 0.5) is 0 Å². The van der Waals surface area contributed by atoms with Crippen molar-refractivity contribution in [2.24, 2.45) is 5.92 Å². The van der Waals surface area contributed by atoms with Crippen LogP contribution in [0.15, 0.2) is 24.3 Å². The maximum Gasteiger partial charge on any atom is 0.310 e. The highest BCUT2D eigenvalue weighted by Crippen LogP contribution is 2.17. The van der Waals surface area contributed by atoms with Gasteiger partial charge in [-0.1, -0.05) is 25.1 Å². The number of benzene rings is 1. The molecule has 1 atom stereocenters. The van der Waals surface area contributed by atoms with Crippen LogP contribution in [-0.2, 0) is 16.1 Å². The van der Waals surface area contributed by atoms with Crippen molar-refractivity contribution in [3.63, 3.8) is 0 Å². The Balaban J connectivity index is 2.42. The van der Waals surface area contributed by atoms with Crippen molar-refractivity contribution in [3.05, 3.63) is 29.8 Å². The zero-order chi connectivity index (χ0) is 15.2. The predicted molar refractivity (Wildman–Crippen MR) is 79.7 cm³/mol. The lowest BCUT2D eigenvalue weighted by atomic mass is 10.1. The normalized spacial score (nSPS) is 12.8. The predicted octanol–water partition coefficient (Wildman–Crippen LogP) is 2.76. The standard InChI is InChI=1S/C16H25NO3/c1-12(15(18)20-16(2,3)4)10-17-11-13-8-6-7-9-14(13)19-5/h6-9,12,17H,10-11H2,1-5H3/t12-/m1/s1. The van der Waals surface area contributed by atoms with E-state index in [1.807, 2.05) is 52.0 Å². The van der Waals surface area contributed by atoms with Gasteiger partial charge >= 0.3 is 5.97 Å². The van der Waals surface area contributed by atoms with Crippen molar-refractivity contribution in [1.82, 2.24) is 5.32 Å². The number of para-hydroxylation sites is 1. The zero-order valence-corrected chi connectivity index (χ0v) is 13.0. The number of rotatable bonds is 6. The maximum atomic E-state index is 11.8. The third-order valence-corrected chi connectivity index (χ3v) is 2.77. The molecule has 0 amide bonds. The number of hydrogen-bond donors (Lipinski definition) is 1. The van der Waals surface area contributed by atoms with E-state index in [2.05, 4.69) is 5.32 Å². The number of ether oxygens (including phenoxy) is 2. The fourth-order valence-electron chi connectivity index (χ4n) is 1.76. The van der Waals surface area contributed by atoms with Crippen LogP contribution in [0, 0.1) is 5.92 Å². The van der Waals surface area contributed by atoms with Gasteiger partial charge in [0.15, 0.2) is 0 Å². The van der Waals surface area contributed by atoms with Crippen LogP contribution in [0.2, 0.25) is 0 Å². The van der Waals surface area contributed by atoms with Gasteiger partial charge in [-0.25, -0.2) is 0 Å². The molecule has 20 heavy (non-hydrogen) atoms. The first-order valence-corrected chi connectivity index (χ1v) is 6.89. The summed E-state index contributed by atoms with van der Waals surface area (Å²) in [6.07, 6.45) is 0. The summed E-state index contributed by atoms with van der Waals surface area (Å²) in [4.78, 5) is 11.8. The van der Waals surface area contributed by atoms with Crippen LogP contribution < -0.4 is 10.1 Å². The monoisotopic (exact) mass is 279 g/mol. The molecular formula is C16H25NO3. The average molecular weight is 279 g/mol. The van der Waals surface area contributed by atoms with E-state index in [1.165, 1.54) is 0 Å². The topological polar surface area (TPSA) is 47.6 Å².